The van der Waals surface area contributed by atoms with Gasteiger partial charge in [0.25, 0.3) is 5.91 Å². The second-order valence-electron chi connectivity index (χ2n) is 4.13. The summed E-state index contributed by atoms with van der Waals surface area (Å²) in [6.45, 7) is 0.674. The predicted molar refractivity (Wildman–Crippen MR) is 63.7 cm³/mol. The van der Waals surface area contributed by atoms with E-state index in [0.717, 1.165) is 23.9 Å². The molecule has 1 saturated heterocycles. The summed E-state index contributed by atoms with van der Waals surface area (Å²) in [7, 11) is 0. The van der Waals surface area contributed by atoms with Gasteiger partial charge in [0, 0.05) is 18.2 Å². The number of fused-ring (bicyclic) bond motifs is 1. The molecule has 0 radical (unpaired) electrons. The number of hydrogen-bond acceptors (Lipinski definition) is 3. The quantitative estimate of drug-likeness (QED) is 0.826. The van der Waals surface area contributed by atoms with E-state index in [1.165, 1.54) is 0 Å². The zero-order chi connectivity index (χ0) is 11.7. The van der Waals surface area contributed by atoms with Crippen LogP contribution < -0.4 is 5.32 Å². The van der Waals surface area contributed by atoms with Crippen molar-refractivity contribution in [2.75, 3.05) is 11.9 Å². The smallest absolute Gasteiger partial charge is 0.253 e. The number of carbonyl (C=O) groups is 1. The van der Waals surface area contributed by atoms with E-state index in [1.54, 1.807) is 6.20 Å². The van der Waals surface area contributed by atoms with Crippen LogP contribution in [0.5, 0.6) is 0 Å². The van der Waals surface area contributed by atoms with Crippen molar-refractivity contribution < 1.29 is 9.53 Å². The highest BCUT2D eigenvalue weighted by Gasteiger charge is 2.23. The first-order valence-electron chi connectivity index (χ1n) is 5.68. The molecule has 1 amide bonds. The molecule has 2 aromatic heterocycles. The number of H-pyrrole nitrogens is 1. The van der Waals surface area contributed by atoms with Crippen LogP contribution >= 0.6 is 0 Å². The molecule has 5 heteroatoms. The van der Waals surface area contributed by atoms with Crippen LogP contribution in [0, 0.1) is 0 Å². The van der Waals surface area contributed by atoms with Crippen molar-refractivity contribution >= 4 is 22.6 Å². The van der Waals surface area contributed by atoms with Gasteiger partial charge in [0.05, 0.1) is 11.9 Å². The Kier molecular flexibility index (Phi) is 2.53. The summed E-state index contributed by atoms with van der Waals surface area (Å²) in [4.78, 5) is 19.0. The van der Waals surface area contributed by atoms with Gasteiger partial charge in [-0.05, 0) is 25.0 Å². The van der Waals surface area contributed by atoms with Gasteiger partial charge in [0.2, 0.25) is 0 Å². The number of nitrogens with one attached hydrogen (secondary N) is 2. The Morgan fingerprint density at radius 3 is 3.35 bits per heavy atom. The van der Waals surface area contributed by atoms with Crippen molar-refractivity contribution in [1.29, 1.82) is 0 Å². The Hall–Kier alpha value is -1.88. The average molecular weight is 231 g/mol. The Morgan fingerprint density at radius 1 is 1.59 bits per heavy atom. The second-order valence-corrected chi connectivity index (χ2v) is 4.13. The maximum atomic E-state index is 11.8. The normalized spacial score (nSPS) is 19.6. The van der Waals surface area contributed by atoms with E-state index in [4.69, 9.17) is 4.74 Å². The number of aromatic amines is 1. The predicted octanol–water partition coefficient (Wildman–Crippen LogP) is 1.68. The molecule has 3 rings (SSSR count). The highest BCUT2D eigenvalue weighted by Crippen LogP contribution is 2.17. The minimum absolute atomic E-state index is 0.0841. The number of carbonyl (C=O) groups excluding carboxylic acids is 1. The number of pyridine rings is 1. The highest BCUT2D eigenvalue weighted by molar-refractivity contribution is 5.95. The van der Waals surface area contributed by atoms with Crippen LogP contribution in [-0.4, -0.2) is 28.6 Å². The number of hydrogen-bond donors (Lipinski definition) is 2. The zero-order valence-electron chi connectivity index (χ0n) is 9.27. The Morgan fingerprint density at radius 2 is 2.53 bits per heavy atom. The molecule has 17 heavy (non-hydrogen) atoms. The topological polar surface area (TPSA) is 67.0 Å². The zero-order valence-corrected chi connectivity index (χ0v) is 9.27. The van der Waals surface area contributed by atoms with Gasteiger partial charge in [-0.3, -0.25) is 4.79 Å². The van der Waals surface area contributed by atoms with Gasteiger partial charge in [0.1, 0.15) is 11.8 Å². The van der Waals surface area contributed by atoms with Crippen molar-refractivity contribution in [3.05, 3.63) is 24.5 Å². The van der Waals surface area contributed by atoms with Gasteiger partial charge in [-0.2, -0.15) is 0 Å². The minimum atomic E-state index is -0.308. The summed E-state index contributed by atoms with van der Waals surface area (Å²) < 4.78 is 5.32. The number of aromatic nitrogens is 2. The lowest BCUT2D eigenvalue weighted by atomic mass is 10.2. The minimum Gasteiger partial charge on any atom is -0.368 e. The molecule has 0 spiro atoms. The SMILES string of the molecule is O=C(Nc1cnc2[nH]ccc2c1)[C@@H]1CCCO1. The van der Waals surface area contributed by atoms with Gasteiger partial charge in [0.15, 0.2) is 0 Å². The second kappa shape index (κ2) is 4.18. The Labute approximate surface area is 98.2 Å². The van der Waals surface area contributed by atoms with Crippen LogP contribution in [0.15, 0.2) is 24.5 Å². The van der Waals surface area contributed by atoms with Gasteiger partial charge in [-0.15, -0.1) is 0 Å². The molecule has 88 valence electrons. The van der Waals surface area contributed by atoms with E-state index in [-0.39, 0.29) is 12.0 Å². The van der Waals surface area contributed by atoms with Crippen molar-refractivity contribution in [1.82, 2.24) is 9.97 Å². The molecule has 0 aliphatic carbocycles. The van der Waals surface area contributed by atoms with Gasteiger partial charge >= 0.3 is 0 Å². The van der Waals surface area contributed by atoms with E-state index in [1.807, 2.05) is 18.3 Å². The molecule has 0 saturated carbocycles. The lowest BCUT2D eigenvalue weighted by Gasteiger charge is -2.09. The van der Waals surface area contributed by atoms with Crippen molar-refractivity contribution in [2.24, 2.45) is 0 Å². The molecule has 1 aliphatic heterocycles. The monoisotopic (exact) mass is 231 g/mol. The average Bonchev–Trinajstić information content (AvgIpc) is 2.99. The highest BCUT2D eigenvalue weighted by atomic mass is 16.5. The third-order valence-corrected chi connectivity index (χ3v) is 2.89. The lowest BCUT2D eigenvalue weighted by molar-refractivity contribution is -0.124. The molecule has 2 aromatic rings. The molecular weight excluding hydrogens is 218 g/mol. The number of amides is 1. The van der Waals surface area contributed by atoms with Crippen LogP contribution in [0.3, 0.4) is 0 Å². The summed E-state index contributed by atoms with van der Waals surface area (Å²) in [6.07, 6.45) is 4.91. The largest absolute Gasteiger partial charge is 0.368 e. The summed E-state index contributed by atoms with van der Waals surface area (Å²) in [5.41, 5.74) is 1.53. The van der Waals surface area contributed by atoms with Crippen LogP contribution in [-0.2, 0) is 9.53 Å². The first kappa shape index (κ1) is 10.3. The number of rotatable bonds is 2. The molecule has 5 nitrogen and oxygen atoms in total. The standard InChI is InChI=1S/C12H13N3O2/c16-12(10-2-1-5-17-10)15-9-6-8-3-4-13-11(8)14-7-9/h3-4,6-7,10H,1-2,5H2,(H,13,14)(H,15,16)/t10-/m0/s1. The fourth-order valence-corrected chi connectivity index (χ4v) is 2.02. The third kappa shape index (κ3) is 2.01. The summed E-state index contributed by atoms with van der Waals surface area (Å²) in [5.74, 6) is -0.0841. The Balaban J connectivity index is 1.77. The molecule has 1 atom stereocenters. The summed E-state index contributed by atoms with van der Waals surface area (Å²) >= 11 is 0. The summed E-state index contributed by atoms with van der Waals surface area (Å²) in [5, 5.41) is 3.81. The number of anilines is 1. The van der Waals surface area contributed by atoms with E-state index < -0.39 is 0 Å². The molecule has 1 aliphatic rings. The molecule has 2 N–H and O–H groups in total. The van der Waals surface area contributed by atoms with E-state index >= 15 is 0 Å². The third-order valence-electron chi connectivity index (χ3n) is 2.89. The van der Waals surface area contributed by atoms with Crippen LogP contribution in [0.4, 0.5) is 5.69 Å². The maximum Gasteiger partial charge on any atom is 0.253 e. The van der Waals surface area contributed by atoms with E-state index in [0.29, 0.717) is 12.3 Å². The van der Waals surface area contributed by atoms with Gasteiger partial charge in [-0.1, -0.05) is 0 Å². The van der Waals surface area contributed by atoms with E-state index in [9.17, 15) is 4.79 Å². The molecule has 3 heterocycles. The van der Waals surface area contributed by atoms with Gasteiger partial charge in [-0.25, -0.2) is 4.98 Å². The molecule has 0 aromatic carbocycles. The van der Waals surface area contributed by atoms with Crippen LogP contribution in [0.1, 0.15) is 12.8 Å². The van der Waals surface area contributed by atoms with Crippen LogP contribution in [0.25, 0.3) is 11.0 Å². The lowest BCUT2D eigenvalue weighted by Crippen LogP contribution is -2.26. The van der Waals surface area contributed by atoms with E-state index in [2.05, 4.69) is 15.3 Å². The van der Waals surface area contributed by atoms with Gasteiger partial charge < -0.3 is 15.0 Å². The summed E-state index contributed by atoms with van der Waals surface area (Å²) in [6, 6.07) is 3.82. The number of ether oxygens (including phenoxy) is 1. The molecule has 1 fully saturated rings. The van der Waals surface area contributed by atoms with Crippen molar-refractivity contribution in [2.45, 2.75) is 18.9 Å². The first-order chi connectivity index (χ1) is 8.33. The Bertz CT molecular complexity index is 543. The number of nitrogens with zero attached hydrogens (tertiary/aromatic N) is 1. The van der Waals surface area contributed by atoms with Crippen LogP contribution in [0.2, 0.25) is 0 Å². The maximum absolute atomic E-state index is 11.8. The fraction of sp³-hybridized carbons (Fsp3) is 0.333. The first-order valence-corrected chi connectivity index (χ1v) is 5.68. The molecule has 0 unspecified atom stereocenters. The van der Waals surface area contributed by atoms with Crippen molar-refractivity contribution in [3.63, 3.8) is 0 Å². The molecule has 0 bridgehead atoms. The molecular formula is C12H13N3O2. The van der Waals surface area contributed by atoms with Crippen molar-refractivity contribution in [3.8, 4) is 0 Å². The fourth-order valence-electron chi connectivity index (χ4n) is 2.02.